The third kappa shape index (κ3) is 5.15. The maximum Gasteiger partial charge on any atom is 0.343 e. The van der Waals surface area contributed by atoms with Gasteiger partial charge in [0.1, 0.15) is 17.3 Å². The Bertz CT molecular complexity index is 1190. The van der Waals surface area contributed by atoms with Crippen molar-refractivity contribution in [2.45, 2.75) is 19.6 Å². The van der Waals surface area contributed by atoms with E-state index < -0.39 is 30.5 Å². The lowest BCUT2D eigenvalue weighted by atomic mass is 10.2. The topological polar surface area (TPSA) is 109 Å². The van der Waals surface area contributed by atoms with Crippen LogP contribution in [0.15, 0.2) is 54.6 Å². The second kappa shape index (κ2) is 9.74. The number of para-hydroxylation sites is 2. The van der Waals surface area contributed by atoms with Crippen LogP contribution in [0.1, 0.15) is 21.6 Å². The Morgan fingerprint density at radius 3 is 2.58 bits per heavy atom. The molecule has 2 aromatic carbocycles. The van der Waals surface area contributed by atoms with Crippen LogP contribution in [0.3, 0.4) is 0 Å². The molecule has 2 amide bonds. The van der Waals surface area contributed by atoms with E-state index >= 15 is 0 Å². The number of benzene rings is 2. The number of carbonyl (C=O) groups is 3. The van der Waals surface area contributed by atoms with Gasteiger partial charge < -0.3 is 14.2 Å². The standard InChI is InChI=1S/C23H20ClN3O6/c1-14-20(21(24)27(26-14)11-15-7-3-2-4-8-15)23(30)32-13-19(28)25-22(29)18-12-31-16-9-5-6-10-17(16)33-18/h2-10,18H,11-13H2,1H3,(H,25,28,29). The highest BCUT2D eigenvalue weighted by Gasteiger charge is 2.29. The summed E-state index contributed by atoms with van der Waals surface area (Å²) in [4.78, 5) is 37.0. The number of amides is 2. The van der Waals surface area contributed by atoms with Crippen LogP contribution in [0, 0.1) is 6.92 Å². The van der Waals surface area contributed by atoms with Gasteiger partial charge in [-0.1, -0.05) is 54.1 Å². The molecule has 1 unspecified atom stereocenters. The SMILES string of the molecule is Cc1nn(Cc2ccccc2)c(Cl)c1C(=O)OCC(=O)NC(=O)C1COc2ccccc2O1. The van der Waals surface area contributed by atoms with Crippen LogP contribution in [-0.2, 0) is 20.9 Å². The van der Waals surface area contributed by atoms with E-state index in [9.17, 15) is 14.4 Å². The quantitative estimate of drug-likeness (QED) is 0.552. The Balaban J connectivity index is 1.31. The molecular weight excluding hydrogens is 450 g/mol. The van der Waals surface area contributed by atoms with Crippen LogP contribution in [0.25, 0.3) is 0 Å². The molecule has 0 saturated heterocycles. The van der Waals surface area contributed by atoms with Gasteiger partial charge in [-0.05, 0) is 24.6 Å². The molecule has 1 aliphatic rings. The minimum atomic E-state index is -1.01. The summed E-state index contributed by atoms with van der Waals surface area (Å²) < 4.78 is 17.5. The summed E-state index contributed by atoms with van der Waals surface area (Å²) in [6, 6.07) is 16.4. The third-order valence-corrected chi connectivity index (χ3v) is 5.23. The lowest BCUT2D eigenvalue weighted by molar-refractivity contribution is -0.137. The summed E-state index contributed by atoms with van der Waals surface area (Å²) in [5.74, 6) is -1.40. The molecule has 4 rings (SSSR count). The fourth-order valence-electron chi connectivity index (χ4n) is 3.25. The van der Waals surface area contributed by atoms with Crippen LogP contribution in [0.5, 0.6) is 11.5 Å². The first-order chi connectivity index (χ1) is 15.9. The van der Waals surface area contributed by atoms with Crippen LogP contribution >= 0.6 is 11.6 Å². The third-order valence-electron chi connectivity index (χ3n) is 4.84. The van der Waals surface area contributed by atoms with E-state index in [4.69, 9.17) is 25.8 Å². The number of hydrogen-bond donors (Lipinski definition) is 1. The zero-order valence-electron chi connectivity index (χ0n) is 17.6. The van der Waals surface area contributed by atoms with E-state index in [-0.39, 0.29) is 17.3 Å². The highest BCUT2D eigenvalue weighted by Crippen LogP contribution is 2.30. The monoisotopic (exact) mass is 469 g/mol. The smallest absolute Gasteiger partial charge is 0.343 e. The molecule has 2 heterocycles. The molecule has 0 radical (unpaired) electrons. The number of nitrogens with zero attached hydrogens (tertiary/aromatic N) is 2. The Morgan fingerprint density at radius 2 is 1.82 bits per heavy atom. The molecule has 33 heavy (non-hydrogen) atoms. The Labute approximate surface area is 194 Å². The number of halogens is 1. The van der Waals surface area contributed by atoms with Crippen LogP contribution < -0.4 is 14.8 Å². The molecule has 3 aromatic rings. The van der Waals surface area contributed by atoms with Gasteiger partial charge in [0.05, 0.1) is 12.2 Å². The number of fused-ring (bicyclic) bond motifs is 1. The van der Waals surface area contributed by atoms with Crippen molar-refractivity contribution in [2.75, 3.05) is 13.2 Å². The van der Waals surface area contributed by atoms with Gasteiger partial charge in [-0.25, -0.2) is 9.48 Å². The predicted molar refractivity (Wildman–Crippen MR) is 117 cm³/mol. The van der Waals surface area contributed by atoms with Crippen molar-refractivity contribution >= 4 is 29.4 Å². The number of aromatic nitrogens is 2. The van der Waals surface area contributed by atoms with Crippen molar-refractivity contribution in [3.05, 3.63) is 76.6 Å². The second-order valence-electron chi connectivity index (χ2n) is 7.25. The number of hydrogen-bond acceptors (Lipinski definition) is 7. The van der Waals surface area contributed by atoms with Gasteiger partial charge in [-0.15, -0.1) is 0 Å². The summed E-state index contributed by atoms with van der Waals surface area (Å²) in [5.41, 5.74) is 1.38. The average molecular weight is 470 g/mol. The molecule has 1 N–H and O–H groups in total. The molecule has 9 nitrogen and oxygen atoms in total. The van der Waals surface area contributed by atoms with Crippen LogP contribution in [0.2, 0.25) is 5.15 Å². The largest absolute Gasteiger partial charge is 0.485 e. The molecule has 1 aromatic heterocycles. The molecule has 0 aliphatic carbocycles. The summed E-state index contributed by atoms with van der Waals surface area (Å²) in [6.45, 7) is 1.26. The van der Waals surface area contributed by atoms with E-state index in [2.05, 4.69) is 10.4 Å². The molecular formula is C23H20ClN3O6. The number of ether oxygens (including phenoxy) is 3. The lowest BCUT2D eigenvalue weighted by Crippen LogP contribution is -2.47. The second-order valence-corrected chi connectivity index (χ2v) is 7.61. The maximum atomic E-state index is 12.5. The molecule has 170 valence electrons. The van der Waals surface area contributed by atoms with Crippen molar-refractivity contribution < 1.29 is 28.6 Å². The molecule has 1 aliphatic heterocycles. The summed E-state index contributed by atoms with van der Waals surface area (Å²) in [5, 5.41) is 6.52. The van der Waals surface area contributed by atoms with E-state index in [1.54, 1.807) is 31.2 Å². The minimum absolute atomic E-state index is 0.0503. The van der Waals surface area contributed by atoms with Crippen molar-refractivity contribution in [3.8, 4) is 11.5 Å². The number of rotatable bonds is 6. The number of aryl methyl sites for hydroxylation is 1. The van der Waals surface area contributed by atoms with E-state index in [1.807, 2.05) is 30.3 Å². The fourth-order valence-corrected chi connectivity index (χ4v) is 3.56. The Kier molecular flexibility index (Phi) is 6.60. The van der Waals surface area contributed by atoms with E-state index in [0.717, 1.165) is 5.56 Å². The summed E-state index contributed by atoms with van der Waals surface area (Å²) in [6.07, 6.45) is -1.01. The van der Waals surface area contributed by atoms with Gasteiger partial charge in [-0.2, -0.15) is 5.10 Å². The van der Waals surface area contributed by atoms with Crippen molar-refractivity contribution in [1.82, 2.24) is 15.1 Å². The van der Waals surface area contributed by atoms with Crippen LogP contribution in [-0.4, -0.2) is 46.9 Å². The van der Waals surface area contributed by atoms with Gasteiger partial charge in [0.2, 0.25) is 6.10 Å². The van der Waals surface area contributed by atoms with E-state index in [0.29, 0.717) is 23.7 Å². The first kappa shape index (κ1) is 22.3. The van der Waals surface area contributed by atoms with Gasteiger partial charge in [0, 0.05) is 0 Å². The normalized spacial score (nSPS) is 14.4. The molecule has 10 heteroatoms. The average Bonchev–Trinajstić information content (AvgIpc) is 3.10. The first-order valence-electron chi connectivity index (χ1n) is 10.1. The maximum absolute atomic E-state index is 12.5. The summed E-state index contributed by atoms with van der Waals surface area (Å²) in [7, 11) is 0. The van der Waals surface area contributed by atoms with Crippen molar-refractivity contribution in [2.24, 2.45) is 0 Å². The van der Waals surface area contributed by atoms with E-state index in [1.165, 1.54) is 4.68 Å². The minimum Gasteiger partial charge on any atom is -0.485 e. The van der Waals surface area contributed by atoms with Gasteiger partial charge >= 0.3 is 5.97 Å². The summed E-state index contributed by atoms with van der Waals surface area (Å²) >= 11 is 6.33. The van der Waals surface area contributed by atoms with Crippen molar-refractivity contribution in [1.29, 1.82) is 0 Å². The Morgan fingerprint density at radius 1 is 1.12 bits per heavy atom. The number of nitrogens with one attached hydrogen (secondary N) is 1. The molecule has 0 spiro atoms. The molecule has 0 fully saturated rings. The zero-order valence-corrected chi connectivity index (χ0v) is 18.4. The van der Waals surface area contributed by atoms with Gasteiger partial charge in [0.15, 0.2) is 18.1 Å². The Hall–Kier alpha value is -3.85. The number of carbonyl (C=O) groups excluding carboxylic acids is 3. The molecule has 1 atom stereocenters. The van der Waals surface area contributed by atoms with Gasteiger partial charge in [-0.3, -0.25) is 14.9 Å². The number of esters is 1. The van der Waals surface area contributed by atoms with Crippen molar-refractivity contribution in [3.63, 3.8) is 0 Å². The number of imide groups is 1. The predicted octanol–water partition coefficient (Wildman–Crippen LogP) is 2.53. The first-order valence-corrected chi connectivity index (χ1v) is 10.5. The fraction of sp³-hybridized carbons (Fsp3) is 0.217. The highest BCUT2D eigenvalue weighted by molar-refractivity contribution is 6.32. The molecule has 0 bridgehead atoms. The zero-order chi connectivity index (χ0) is 23.4. The van der Waals surface area contributed by atoms with Crippen LogP contribution in [0.4, 0.5) is 0 Å². The van der Waals surface area contributed by atoms with Gasteiger partial charge in [0.25, 0.3) is 11.8 Å². The lowest BCUT2D eigenvalue weighted by Gasteiger charge is -2.25. The molecule has 0 saturated carbocycles. The highest BCUT2D eigenvalue weighted by atomic mass is 35.5.